The normalized spacial score (nSPS) is 14.4. The number of hydrogen-bond acceptors (Lipinski definition) is 6. The number of pyridine rings is 1. The van der Waals surface area contributed by atoms with E-state index in [1.165, 1.54) is 11.8 Å². The number of carbonyl (C=O) groups is 2. The maximum absolute atomic E-state index is 12.5. The molecule has 1 saturated heterocycles. The molecule has 0 radical (unpaired) electrons. The van der Waals surface area contributed by atoms with Crippen LogP contribution in [0.15, 0.2) is 41.6 Å². The fraction of sp³-hybridized carbons (Fsp3) is 0.381. The second-order valence-electron chi connectivity index (χ2n) is 6.70. The molecule has 0 spiro atoms. The van der Waals surface area contributed by atoms with Crippen molar-refractivity contribution in [3.05, 3.63) is 42.1 Å². The number of nitrogens with zero attached hydrogens (tertiary/aromatic N) is 2. The van der Waals surface area contributed by atoms with Gasteiger partial charge in [-0.1, -0.05) is 11.8 Å². The zero-order valence-corrected chi connectivity index (χ0v) is 17.6. The molecule has 1 aromatic carbocycles. The summed E-state index contributed by atoms with van der Waals surface area (Å²) in [5.74, 6) is 1.01. The Hall–Kier alpha value is -2.74. The molecular weight excluding hydrogens is 390 g/mol. The molecule has 1 unspecified atom stereocenters. The van der Waals surface area contributed by atoms with Gasteiger partial charge in [0.25, 0.3) is 5.91 Å². The number of amides is 2. The van der Waals surface area contributed by atoms with Gasteiger partial charge in [0, 0.05) is 31.0 Å². The smallest absolute Gasteiger partial charge is 0.255 e. The van der Waals surface area contributed by atoms with E-state index in [1.807, 2.05) is 11.8 Å². The predicted molar refractivity (Wildman–Crippen MR) is 113 cm³/mol. The van der Waals surface area contributed by atoms with Crippen LogP contribution in [-0.2, 0) is 4.79 Å². The number of nitrogens with one attached hydrogen (secondary N) is 1. The van der Waals surface area contributed by atoms with Crippen LogP contribution in [0.4, 0.5) is 5.69 Å². The van der Waals surface area contributed by atoms with Crippen molar-refractivity contribution in [1.29, 1.82) is 0 Å². The molecule has 1 N–H and O–H groups in total. The van der Waals surface area contributed by atoms with Crippen LogP contribution in [0.1, 0.15) is 30.1 Å². The third-order valence-corrected chi connectivity index (χ3v) is 5.75. The summed E-state index contributed by atoms with van der Waals surface area (Å²) in [5, 5.41) is 3.20. The van der Waals surface area contributed by atoms with Crippen molar-refractivity contribution in [1.82, 2.24) is 9.88 Å². The van der Waals surface area contributed by atoms with Crippen molar-refractivity contribution in [2.24, 2.45) is 0 Å². The zero-order chi connectivity index (χ0) is 20.8. The van der Waals surface area contributed by atoms with E-state index in [0.717, 1.165) is 25.9 Å². The third-order valence-electron chi connectivity index (χ3n) is 4.69. The lowest BCUT2D eigenvalue weighted by atomic mass is 10.2. The Morgan fingerprint density at radius 2 is 1.83 bits per heavy atom. The molecule has 1 aliphatic rings. The van der Waals surface area contributed by atoms with Gasteiger partial charge in [-0.3, -0.25) is 9.59 Å². The molecule has 7 nitrogen and oxygen atoms in total. The summed E-state index contributed by atoms with van der Waals surface area (Å²) in [6.07, 6.45) is 3.70. The average Bonchev–Trinajstić information content (AvgIpc) is 3.28. The molecule has 0 bridgehead atoms. The number of methoxy groups -OCH3 is 2. The molecule has 2 amide bonds. The maximum atomic E-state index is 12.5. The SMILES string of the molecule is COc1ccc(NC(=O)C(C)Sc2ccc(C(=O)N3CCCC3)cn2)cc1OC. The van der Waals surface area contributed by atoms with Gasteiger partial charge in [0.15, 0.2) is 11.5 Å². The van der Waals surface area contributed by atoms with Crippen LogP contribution < -0.4 is 14.8 Å². The molecule has 0 aliphatic carbocycles. The van der Waals surface area contributed by atoms with Crippen LogP contribution in [0, 0.1) is 0 Å². The van der Waals surface area contributed by atoms with E-state index < -0.39 is 0 Å². The summed E-state index contributed by atoms with van der Waals surface area (Å²) < 4.78 is 10.5. The molecule has 1 aliphatic heterocycles. The van der Waals surface area contributed by atoms with Crippen LogP contribution in [0.2, 0.25) is 0 Å². The minimum Gasteiger partial charge on any atom is -0.493 e. The van der Waals surface area contributed by atoms with E-state index in [0.29, 0.717) is 27.8 Å². The van der Waals surface area contributed by atoms with E-state index in [4.69, 9.17) is 9.47 Å². The van der Waals surface area contributed by atoms with Gasteiger partial charge in [0.1, 0.15) is 0 Å². The highest BCUT2D eigenvalue weighted by atomic mass is 32.2. The van der Waals surface area contributed by atoms with Crippen molar-refractivity contribution in [3.8, 4) is 11.5 Å². The standard InChI is InChI=1S/C21H25N3O4S/c1-14(20(25)23-16-7-8-17(27-2)18(12-16)28-3)29-19-9-6-15(13-22-19)21(26)24-10-4-5-11-24/h6-9,12-14H,4-5,10-11H2,1-3H3,(H,23,25). The van der Waals surface area contributed by atoms with Gasteiger partial charge in [-0.05, 0) is 44.0 Å². The van der Waals surface area contributed by atoms with Crippen LogP contribution in [-0.4, -0.2) is 54.3 Å². The molecule has 1 atom stereocenters. The van der Waals surface area contributed by atoms with Gasteiger partial charge in [0.2, 0.25) is 5.91 Å². The minimum absolute atomic E-state index is 0.0193. The molecule has 2 aromatic rings. The summed E-state index contributed by atoms with van der Waals surface area (Å²) >= 11 is 1.34. The first-order valence-corrected chi connectivity index (χ1v) is 10.3. The van der Waals surface area contributed by atoms with Crippen LogP contribution in [0.5, 0.6) is 11.5 Å². The van der Waals surface area contributed by atoms with Crippen molar-refractivity contribution >= 4 is 29.3 Å². The molecule has 29 heavy (non-hydrogen) atoms. The first-order chi connectivity index (χ1) is 14.0. The van der Waals surface area contributed by atoms with Crippen molar-refractivity contribution in [2.45, 2.75) is 30.0 Å². The lowest BCUT2D eigenvalue weighted by Crippen LogP contribution is -2.27. The van der Waals surface area contributed by atoms with E-state index in [-0.39, 0.29) is 17.1 Å². The first-order valence-electron chi connectivity index (χ1n) is 9.46. The van der Waals surface area contributed by atoms with Gasteiger partial charge in [-0.2, -0.15) is 0 Å². The second-order valence-corrected chi connectivity index (χ2v) is 8.06. The minimum atomic E-state index is -0.365. The quantitative estimate of drug-likeness (QED) is 0.698. The molecule has 0 saturated carbocycles. The number of thioether (sulfide) groups is 1. The number of aromatic nitrogens is 1. The summed E-state index contributed by atoms with van der Waals surface area (Å²) in [4.78, 5) is 31.1. The number of anilines is 1. The summed E-state index contributed by atoms with van der Waals surface area (Å²) in [6.45, 7) is 3.43. The van der Waals surface area contributed by atoms with Crippen molar-refractivity contribution in [2.75, 3.05) is 32.6 Å². The van der Waals surface area contributed by atoms with Crippen molar-refractivity contribution < 1.29 is 19.1 Å². The van der Waals surface area contributed by atoms with E-state index in [9.17, 15) is 9.59 Å². The number of benzene rings is 1. The number of carbonyl (C=O) groups excluding carboxylic acids is 2. The van der Waals surface area contributed by atoms with E-state index in [1.54, 1.807) is 50.7 Å². The molecule has 8 heteroatoms. The highest BCUT2D eigenvalue weighted by molar-refractivity contribution is 8.00. The molecule has 1 aromatic heterocycles. The summed E-state index contributed by atoms with van der Waals surface area (Å²) in [6, 6.07) is 8.77. The summed E-state index contributed by atoms with van der Waals surface area (Å²) in [5.41, 5.74) is 1.21. The first kappa shape index (κ1) is 21.0. The van der Waals surface area contributed by atoms with Gasteiger partial charge in [0.05, 0.1) is 30.1 Å². The van der Waals surface area contributed by atoms with E-state index in [2.05, 4.69) is 10.3 Å². The predicted octanol–water partition coefficient (Wildman–Crippen LogP) is 3.45. The third kappa shape index (κ3) is 5.20. The number of rotatable bonds is 7. The maximum Gasteiger partial charge on any atom is 0.255 e. The molecule has 2 heterocycles. The Kier molecular flexibility index (Phi) is 6.98. The highest BCUT2D eigenvalue weighted by Crippen LogP contribution is 2.30. The number of hydrogen-bond donors (Lipinski definition) is 1. The van der Waals surface area contributed by atoms with E-state index >= 15 is 0 Å². The van der Waals surface area contributed by atoms with Gasteiger partial charge >= 0.3 is 0 Å². The summed E-state index contributed by atoms with van der Waals surface area (Å²) in [7, 11) is 3.11. The van der Waals surface area contributed by atoms with Crippen molar-refractivity contribution in [3.63, 3.8) is 0 Å². The second kappa shape index (κ2) is 9.65. The zero-order valence-electron chi connectivity index (χ0n) is 16.8. The highest BCUT2D eigenvalue weighted by Gasteiger charge is 2.20. The molecule has 3 rings (SSSR count). The number of ether oxygens (including phenoxy) is 2. The Morgan fingerprint density at radius 1 is 1.10 bits per heavy atom. The molecule has 1 fully saturated rings. The Morgan fingerprint density at radius 3 is 2.45 bits per heavy atom. The Labute approximate surface area is 174 Å². The average molecular weight is 416 g/mol. The van der Waals surface area contributed by atoms with Gasteiger partial charge in [-0.25, -0.2) is 4.98 Å². The monoisotopic (exact) mass is 415 g/mol. The van der Waals surface area contributed by atoms with Crippen LogP contribution in [0.3, 0.4) is 0 Å². The fourth-order valence-corrected chi connectivity index (χ4v) is 3.86. The molecule has 154 valence electrons. The van der Waals surface area contributed by atoms with Gasteiger partial charge in [-0.15, -0.1) is 0 Å². The van der Waals surface area contributed by atoms with Gasteiger partial charge < -0.3 is 19.7 Å². The topological polar surface area (TPSA) is 80.8 Å². The number of likely N-dealkylation sites (tertiary alicyclic amines) is 1. The Bertz CT molecular complexity index is 867. The largest absolute Gasteiger partial charge is 0.493 e. The van der Waals surface area contributed by atoms with Crippen LogP contribution in [0.25, 0.3) is 0 Å². The Balaban J connectivity index is 1.58. The lowest BCUT2D eigenvalue weighted by Gasteiger charge is -2.15. The lowest BCUT2D eigenvalue weighted by molar-refractivity contribution is -0.115. The fourth-order valence-electron chi connectivity index (χ4n) is 3.07. The van der Waals surface area contributed by atoms with Crippen LogP contribution >= 0.6 is 11.8 Å². The molecular formula is C21H25N3O4S.